The number of rotatable bonds is 3. The van der Waals surface area contributed by atoms with Crippen LogP contribution in [0, 0.1) is 0 Å². The first-order valence-corrected chi connectivity index (χ1v) is 6.84. The Morgan fingerprint density at radius 1 is 1.37 bits per heavy atom. The zero-order valence-corrected chi connectivity index (χ0v) is 12.2. The maximum atomic E-state index is 11.2. The molecule has 0 saturated heterocycles. The van der Waals surface area contributed by atoms with E-state index in [2.05, 4.69) is 0 Å². The summed E-state index contributed by atoms with van der Waals surface area (Å²) in [5.41, 5.74) is 7.35. The molecule has 2 rings (SSSR count). The number of alkyl halides is 3. The van der Waals surface area contributed by atoms with Crippen molar-refractivity contribution in [2.45, 2.75) is 22.2 Å². The fourth-order valence-electron chi connectivity index (χ4n) is 1.95. The molecule has 1 fully saturated rings. The molecule has 1 aliphatic rings. The van der Waals surface area contributed by atoms with Crippen LogP contribution in [-0.2, 0) is 0 Å². The second-order valence-corrected chi connectivity index (χ2v) is 7.10. The predicted octanol–water partition coefficient (Wildman–Crippen LogP) is 3.36. The Hall–Kier alpha value is -0.680. The van der Waals surface area contributed by atoms with Crippen LogP contribution in [0.4, 0.5) is 10.5 Å². The van der Waals surface area contributed by atoms with Gasteiger partial charge in [-0.15, -0.1) is 0 Å². The van der Waals surface area contributed by atoms with Crippen molar-refractivity contribution in [3.05, 3.63) is 29.8 Å². The van der Waals surface area contributed by atoms with Crippen molar-refractivity contribution in [3.63, 3.8) is 0 Å². The van der Waals surface area contributed by atoms with Crippen molar-refractivity contribution < 1.29 is 9.90 Å². The van der Waals surface area contributed by atoms with Gasteiger partial charge in [-0.25, -0.2) is 4.79 Å². The van der Waals surface area contributed by atoms with E-state index in [4.69, 9.17) is 45.6 Å². The Balaban J connectivity index is 2.15. The van der Waals surface area contributed by atoms with Gasteiger partial charge < -0.3 is 10.8 Å². The third kappa shape index (κ3) is 3.89. The minimum Gasteiger partial charge on any atom is -0.465 e. The number of hydrogen-bond acceptors (Lipinski definition) is 2. The van der Waals surface area contributed by atoms with E-state index < -0.39 is 9.89 Å². The quantitative estimate of drug-likeness (QED) is 0.838. The summed E-state index contributed by atoms with van der Waals surface area (Å²) < 4.78 is -1.66. The van der Waals surface area contributed by atoms with Crippen molar-refractivity contribution in [1.29, 1.82) is 0 Å². The van der Waals surface area contributed by atoms with Gasteiger partial charge in [0.25, 0.3) is 0 Å². The molecule has 0 aliphatic heterocycles. The Morgan fingerprint density at radius 2 is 1.89 bits per heavy atom. The van der Waals surface area contributed by atoms with Gasteiger partial charge in [-0.05, 0) is 24.1 Å². The average Bonchev–Trinajstić information content (AvgIpc) is 3.02. The third-order valence-electron chi connectivity index (χ3n) is 3.04. The van der Waals surface area contributed by atoms with Gasteiger partial charge in [-0.2, -0.15) is 0 Å². The van der Waals surface area contributed by atoms with Gasteiger partial charge in [0.2, 0.25) is 3.79 Å². The van der Waals surface area contributed by atoms with Gasteiger partial charge in [0, 0.05) is 17.6 Å². The molecule has 1 aromatic rings. The number of benzene rings is 1. The van der Waals surface area contributed by atoms with Crippen LogP contribution in [0.1, 0.15) is 17.9 Å². The highest BCUT2D eigenvalue weighted by molar-refractivity contribution is 6.68. The monoisotopic (exact) mass is 322 g/mol. The highest BCUT2D eigenvalue weighted by atomic mass is 35.6. The fourth-order valence-corrected chi connectivity index (χ4v) is 2.31. The van der Waals surface area contributed by atoms with Crippen LogP contribution in [-0.4, -0.2) is 27.6 Å². The number of halogens is 3. The Morgan fingerprint density at radius 3 is 2.26 bits per heavy atom. The minimum absolute atomic E-state index is 0.211. The second kappa shape index (κ2) is 5.37. The summed E-state index contributed by atoms with van der Waals surface area (Å²) in [7, 11) is 0. The average molecular weight is 324 g/mol. The maximum Gasteiger partial charge on any atom is 0.411 e. The van der Waals surface area contributed by atoms with Gasteiger partial charge in [0.1, 0.15) is 0 Å². The first-order valence-electron chi connectivity index (χ1n) is 5.70. The molecular weight excluding hydrogens is 311 g/mol. The Labute approximate surface area is 126 Å². The fraction of sp³-hybridized carbons (Fsp3) is 0.417. The zero-order chi connectivity index (χ0) is 14.2. The lowest BCUT2D eigenvalue weighted by Gasteiger charge is -2.23. The van der Waals surface area contributed by atoms with Crippen LogP contribution in [0.15, 0.2) is 24.3 Å². The van der Waals surface area contributed by atoms with E-state index in [9.17, 15) is 4.79 Å². The number of nitrogens with zero attached hydrogens (tertiary/aromatic N) is 1. The molecule has 7 heteroatoms. The van der Waals surface area contributed by atoms with Crippen LogP contribution in [0.3, 0.4) is 0 Å². The van der Waals surface area contributed by atoms with Crippen molar-refractivity contribution in [1.82, 2.24) is 0 Å². The summed E-state index contributed by atoms with van der Waals surface area (Å²) in [6.07, 6.45) is -0.196. The van der Waals surface area contributed by atoms with E-state index in [-0.39, 0.29) is 12.6 Å². The number of carboxylic acid groups (broad SMARTS) is 1. The van der Waals surface area contributed by atoms with E-state index in [1.165, 1.54) is 0 Å². The first kappa shape index (κ1) is 14.7. The highest BCUT2D eigenvalue weighted by Gasteiger charge is 2.35. The van der Waals surface area contributed by atoms with E-state index in [0.717, 1.165) is 16.9 Å². The van der Waals surface area contributed by atoms with Crippen LogP contribution in [0.5, 0.6) is 0 Å². The summed E-state index contributed by atoms with van der Waals surface area (Å²) in [6.45, 7) is -0.227. The molecular formula is C12H13Cl3N2O2. The molecule has 1 amide bonds. The number of amides is 1. The van der Waals surface area contributed by atoms with Crippen LogP contribution in [0.25, 0.3) is 0 Å². The molecule has 2 unspecified atom stereocenters. The van der Waals surface area contributed by atoms with E-state index >= 15 is 0 Å². The molecule has 1 aromatic carbocycles. The molecule has 0 aromatic heterocycles. The largest absolute Gasteiger partial charge is 0.465 e. The lowest BCUT2D eigenvalue weighted by molar-refractivity contribution is 0.202. The van der Waals surface area contributed by atoms with Crippen LogP contribution >= 0.6 is 34.8 Å². The number of anilines is 1. The Kier molecular flexibility index (Phi) is 4.16. The highest BCUT2D eigenvalue weighted by Crippen LogP contribution is 2.39. The number of carbonyl (C=O) groups is 1. The molecule has 0 radical (unpaired) electrons. The number of hydrogen-bond donors (Lipinski definition) is 2. The lowest BCUT2D eigenvalue weighted by Crippen LogP contribution is -2.36. The molecule has 104 valence electrons. The molecule has 1 aliphatic carbocycles. The van der Waals surface area contributed by atoms with Gasteiger partial charge in [-0.1, -0.05) is 46.9 Å². The molecule has 0 bridgehead atoms. The van der Waals surface area contributed by atoms with Gasteiger partial charge in [0.15, 0.2) is 0 Å². The summed E-state index contributed by atoms with van der Waals surface area (Å²) >= 11 is 16.9. The topological polar surface area (TPSA) is 66.6 Å². The molecule has 19 heavy (non-hydrogen) atoms. The first-order chi connectivity index (χ1) is 8.78. The van der Waals surface area contributed by atoms with Gasteiger partial charge in [-0.3, -0.25) is 4.90 Å². The molecule has 0 heterocycles. The van der Waals surface area contributed by atoms with Gasteiger partial charge >= 0.3 is 6.09 Å². The summed E-state index contributed by atoms with van der Waals surface area (Å²) in [5.74, 6) is 0.375. The van der Waals surface area contributed by atoms with Crippen molar-refractivity contribution >= 4 is 46.6 Å². The Bertz CT molecular complexity index is 473. The summed E-state index contributed by atoms with van der Waals surface area (Å²) in [4.78, 5) is 12.2. The van der Waals surface area contributed by atoms with Crippen LogP contribution in [0.2, 0.25) is 0 Å². The SMILES string of the molecule is NC1CC1c1ccc(N(CC(Cl)(Cl)Cl)C(=O)O)cc1. The van der Waals surface area contributed by atoms with Gasteiger partial charge in [0.05, 0.1) is 6.54 Å². The molecule has 1 saturated carbocycles. The summed E-state index contributed by atoms with van der Waals surface area (Å²) in [5, 5.41) is 9.15. The van der Waals surface area contributed by atoms with E-state index in [1.807, 2.05) is 12.1 Å². The van der Waals surface area contributed by atoms with Crippen molar-refractivity contribution in [2.75, 3.05) is 11.4 Å². The van der Waals surface area contributed by atoms with Crippen molar-refractivity contribution in [2.24, 2.45) is 5.73 Å². The van der Waals surface area contributed by atoms with E-state index in [1.54, 1.807) is 12.1 Å². The van der Waals surface area contributed by atoms with Crippen molar-refractivity contribution in [3.8, 4) is 0 Å². The molecule has 0 spiro atoms. The smallest absolute Gasteiger partial charge is 0.411 e. The lowest BCUT2D eigenvalue weighted by atomic mass is 10.1. The molecule has 4 nitrogen and oxygen atoms in total. The maximum absolute atomic E-state index is 11.2. The van der Waals surface area contributed by atoms with Crippen LogP contribution < -0.4 is 10.6 Å². The number of nitrogens with two attached hydrogens (primary N) is 1. The molecule has 2 atom stereocenters. The minimum atomic E-state index is -1.66. The predicted molar refractivity (Wildman–Crippen MR) is 77.4 cm³/mol. The standard InChI is InChI=1S/C12H13Cl3N2O2/c13-12(14,15)6-17(11(18)19)8-3-1-7(2-4-8)9-5-10(9)16/h1-4,9-10H,5-6,16H2,(H,18,19). The zero-order valence-electron chi connectivity index (χ0n) is 9.89. The summed E-state index contributed by atoms with van der Waals surface area (Å²) in [6, 6.07) is 7.33. The third-order valence-corrected chi connectivity index (χ3v) is 3.40. The normalized spacial score (nSPS) is 22.1. The van der Waals surface area contributed by atoms with E-state index in [0.29, 0.717) is 11.6 Å². The second-order valence-electron chi connectivity index (χ2n) is 4.58. The molecule has 3 N–H and O–H groups in total.